The highest BCUT2D eigenvalue weighted by Gasteiger charge is 2.22. The number of amides is 2. The van der Waals surface area contributed by atoms with Gasteiger partial charge >= 0.3 is 0 Å². The molecule has 32 heavy (non-hydrogen) atoms. The van der Waals surface area contributed by atoms with E-state index in [0.29, 0.717) is 16.3 Å². The molecule has 7 nitrogen and oxygen atoms in total. The van der Waals surface area contributed by atoms with Gasteiger partial charge in [0.05, 0.1) is 16.3 Å². The lowest BCUT2D eigenvalue weighted by atomic mass is 10.2. The fourth-order valence-corrected chi connectivity index (χ4v) is 4.76. The normalized spacial score (nSPS) is 11.0. The Hall–Kier alpha value is -3.30. The number of nitrogens with one attached hydrogen (secondary N) is 1. The Morgan fingerprint density at radius 1 is 0.844 bits per heavy atom. The summed E-state index contributed by atoms with van der Waals surface area (Å²) < 4.78 is 27.3. The maximum absolute atomic E-state index is 13.1. The molecule has 0 aromatic heterocycles. The monoisotopic (exact) mass is 469 g/mol. The zero-order valence-electron chi connectivity index (χ0n) is 17.8. The van der Waals surface area contributed by atoms with Crippen LogP contribution in [-0.2, 0) is 10.0 Å². The largest absolute Gasteiger partial charge is 0.339 e. The van der Waals surface area contributed by atoms with Crippen LogP contribution in [0.3, 0.4) is 0 Å². The molecule has 0 atom stereocenters. The van der Waals surface area contributed by atoms with Crippen molar-refractivity contribution in [2.75, 3.05) is 30.8 Å². The zero-order valence-corrected chi connectivity index (χ0v) is 19.5. The molecule has 0 saturated carbocycles. The van der Waals surface area contributed by atoms with Crippen molar-refractivity contribution in [3.63, 3.8) is 0 Å². The Morgan fingerprint density at radius 3 is 2.19 bits per heavy atom. The molecule has 0 saturated heterocycles. The number of anilines is 2. The number of nitrogens with zero attached hydrogens (tertiary/aromatic N) is 2. The second-order valence-corrected chi connectivity index (χ2v) is 10.0. The minimum atomic E-state index is -3.86. The van der Waals surface area contributed by atoms with E-state index < -0.39 is 15.9 Å². The van der Waals surface area contributed by atoms with Crippen LogP contribution in [0.1, 0.15) is 10.4 Å². The van der Waals surface area contributed by atoms with Gasteiger partial charge in [-0.15, -0.1) is 0 Å². The van der Waals surface area contributed by atoms with Crippen molar-refractivity contribution in [1.82, 2.24) is 4.90 Å². The number of carbonyl (C=O) groups is 2. The van der Waals surface area contributed by atoms with Gasteiger partial charge in [-0.25, -0.2) is 8.42 Å². The van der Waals surface area contributed by atoms with Gasteiger partial charge in [-0.2, -0.15) is 0 Å². The van der Waals surface area contributed by atoms with Crippen molar-refractivity contribution in [2.45, 2.75) is 9.79 Å². The highest BCUT2D eigenvalue weighted by molar-refractivity contribution is 8.13. The number of carbonyl (C=O) groups excluding carboxylic acids is 2. The molecule has 2 amide bonds. The maximum Gasteiger partial charge on any atom is 0.286 e. The lowest BCUT2D eigenvalue weighted by molar-refractivity contribution is 0.102. The van der Waals surface area contributed by atoms with Crippen LogP contribution >= 0.6 is 11.8 Å². The third-order valence-corrected chi connectivity index (χ3v) is 7.47. The van der Waals surface area contributed by atoms with Gasteiger partial charge in [0.1, 0.15) is 0 Å². The summed E-state index contributed by atoms with van der Waals surface area (Å²) in [5.74, 6) is -0.477. The highest BCUT2D eigenvalue weighted by atomic mass is 32.2. The van der Waals surface area contributed by atoms with Gasteiger partial charge < -0.3 is 10.2 Å². The van der Waals surface area contributed by atoms with E-state index in [1.807, 2.05) is 0 Å². The summed E-state index contributed by atoms with van der Waals surface area (Å²) in [5.41, 5.74) is 1.16. The lowest BCUT2D eigenvalue weighted by Crippen LogP contribution is -2.26. The molecular formula is C23H23N3O4S2. The summed E-state index contributed by atoms with van der Waals surface area (Å²) in [5, 5.41) is 2.59. The Morgan fingerprint density at radius 2 is 1.50 bits per heavy atom. The molecule has 166 valence electrons. The fraction of sp³-hybridized carbons (Fsp3) is 0.130. The van der Waals surface area contributed by atoms with Crippen LogP contribution in [0.4, 0.5) is 16.2 Å². The molecule has 0 fully saturated rings. The summed E-state index contributed by atoms with van der Waals surface area (Å²) in [6, 6.07) is 21.5. The van der Waals surface area contributed by atoms with Crippen molar-refractivity contribution in [3.8, 4) is 0 Å². The minimum Gasteiger partial charge on any atom is -0.339 e. The summed E-state index contributed by atoms with van der Waals surface area (Å²) in [7, 11) is 0.905. The van der Waals surface area contributed by atoms with Gasteiger partial charge in [0.25, 0.3) is 21.2 Å². The number of hydrogen-bond acceptors (Lipinski definition) is 5. The van der Waals surface area contributed by atoms with Crippen molar-refractivity contribution >= 4 is 44.3 Å². The SMILES string of the molecule is CN(C)C(=O)Sc1ccccc1NC(=O)c1cccc(S(=O)(=O)N(C)c2ccccc2)c1. The van der Waals surface area contributed by atoms with Gasteiger partial charge in [-0.05, 0) is 54.2 Å². The van der Waals surface area contributed by atoms with Crippen LogP contribution in [0.2, 0.25) is 0 Å². The molecule has 0 aliphatic carbocycles. The van der Waals surface area contributed by atoms with E-state index in [1.54, 1.807) is 68.7 Å². The number of hydrogen-bond donors (Lipinski definition) is 1. The number of thioether (sulfide) groups is 1. The molecule has 0 aliphatic heterocycles. The van der Waals surface area contributed by atoms with Crippen LogP contribution in [0.5, 0.6) is 0 Å². The van der Waals surface area contributed by atoms with E-state index >= 15 is 0 Å². The van der Waals surface area contributed by atoms with E-state index in [9.17, 15) is 18.0 Å². The first kappa shape index (κ1) is 23.4. The second-order valence-electron chi connectivity index (χ2n) is 7.05. The third-order valence-electron chi connectivity index (χ3n) is 4.57. The molecule has 3 rings (SSSR count). The fourth-order valence-electron chi connectivity index (χ4n) is 2.77. The Kier molecular flexibility index (Phi) is 7.22. The Labute approximate surface area is 192 Å². The molecule has 0 radical (unpaired) electrons. The molecule has 9 heteroatoms. The first-order valence-corrected chi connectivity index (χ1v) is 11.9. The predicted molar refractivity (Wildman–Crippen MR) is 128 cm³/mol. The Bertz CT molecular complexity index is 1230. The smallest absolute Gasteiger partial charge is 0.286 e. The van der Waals surface area contributed by atoms with Gasteiger partial charge in [0.2, 0.25) is 0 Å². The molecule has 0 aliphatic rings. The topological polar surface area (TPSA) is 86.8 Å². The quantitative estimate of drug-likeness (QED) is 0.536. The molecule has 3 aromatic carbocycles. The first-order chi connectivity index (χ1) is 15.2. The van der Waals surface area contributed by atoms with Gasteiger partial charge in [-0.3, -0.25) is 13.9 Å². The number of sulfonamides is 1. The van der Waals surface area contributed by atoms with Crippen LogP contribution in [0.25, 0.3) is 0 Å². The van der Waals surface area contributed by atoms with Crippen molar-refractivity contribution < 1.29 is 18.0 Å². The second kappa shape index (κ2) is 9.88. The maximum atomic E-state index is 13.1. The van der Waals surface area contributed by atoms with Crippen LogP contribution in [0.15, 0.2) is 88.7 Å². The van der Waals surface area contributed by atoms with Gasteiger partial charge in [-0.1, -0.05) is 36.4 Å². The average molecular weight is 470 g/mol. The molecule has 0 unspecified atom stereocenters. The van der Waals surface area contributed by atoms with E-state index in [-0.39, 0.29) is 15.7 Å². The van der Waals surface area contributed by atoms with Gasteiger partial charge in [0.15, 0.2) is 0 Å². The molecule has 1 N–H and O–H groups in total. The van der Waals surface area contributed by atoms with E-state index in [1.165, 1.54) is 40.5 Å². The van der Waals surface area contributed by atoms with E-state index in [0.717, 1.165) is 11.8 Å². The first-order valence-electron chi connectivity index (χ1n) is 9.63. The molecule has 0 bridgehead atoms. The predicted octanol–water partition coefficient (Wildman–Crippen LogP) is 4.54. The molecular weight excluding hydrogens is 446 g/mol. The highest BCUT2D eigenvalue weighted by Crippen LogP contribution is 2.29. The molecule has 0 spiro atoms. The van der Waals surface area contributed by atoms with E-state index in [2.05, 4.69) is 5.32 Å². The number of rotatable bonds is 6. The average Bonchev–Trinajstić information content (AvgIpc) is 2.80. The van der Waals surface area contributed by atoms with Crippen molar-refractivity contribution in [3.05, 3.63) is 84.4 Å². The summed E-state index contributed by atoms with van der Waals surface area (Å²) in [4.78, 5) is 27.0. The summed E-state index contributed by atoms with van der Waals surface area (Å²) in [6.07, 6.45) is 0. The van der Waals surface area contributed by atoms with Crippen LogP contribution in [-0.4, -0.2) is 45.6 Å². The number of para-hydroxylation sites is 2. The summed E-state index contributed by atoms with van der Waals surface area (Å²) in [6.45, 7) is 0. The van der Waals surface area contributed by atoms with Crippen LogP contribution < -0.4 is 9.62 Å². The third kappa shape index (κ3) is 5.30. The van der Waals surface area contributed by atoms with E-state index in [4.69, 9.17) is 0 Å². The van der Waals surface area contributed by atoms with Crippen molar-refractivity contribution in [1.29, 1.82) is 0 Å². The van der Waals surface area contributed by atoms with Gasteiger partial charge in [0, 0.05) is 31.6 Å². The molecule has 0 heterocycles. The molecule has 3 aromatic rings. The lowest BCUT2D eigenvalue weighted by Gasteiger charge is -2.19. The standard InChI is InChI=1S/C23H23N3O4S2/c1-25(2)23(28)31-21-15-8-7-14-20(21)24-22(27)17-10-9-13-19(16-17)32(29,30)26(3)18-11-5-4-6-12-18/h4-16H,1-3H3,(H,24,27). The summed E-state index contributed by atoms with van der Waals surface area (Å²) >= 11 is 0.994. The van der Waals surface area contributed by atoms with Crippen LogP contribution in [0, 0.1) is 0 Å². The van der Waals surface area contributed by atoms with Crippen molar-refractivity contribution in [2.24, 2.45) is 0 Å². The number of benzene rings is 3. The Balaban J connectivity index is 1.85. The zero-order chi connectivity index (χ0) is 23.3. The minimum absolute atomic E-state index is 0.00180.